The Morgan fingerprint density at radius 3 is 2.46 bits per heavy atom. The number of nitrogens with one attached hydrogen (secondary N) is 1. The number of nitrogens with zero attached hydrogens (tertiary/aromatic N) is 8. The Kier molecular flexibility index (Phi) is 8.16. The molecule has 46 heavy (non-hydrogen) atoms. The Balaban J connectivity index is 1.30. The van der Waals surface area contributed by atoms with Gasteiger partial charge >= 0.3 is 6.18 Å². The van der Waals surface area contributed by atoms with Gasteiger partial charge < -0.3 is 24.8 Å². The van der Waals surface area contributed by atoms with Gasteiger partial charge in [-0.25, -0.2) is 9.97 Å². The quantitative estimate of drug-likeness (QED) is 0.305. The average molecular weight is 725 g/mol. The van der Waals surface area contributed by atoms with Crippen molar-refractivity contribution < 1.29 is 27.9 Å². The van der Waals surface area contributed by atoms with E-state index in [-0.39, 0.29) is 88.8 Å². The summed E-state index contributed by atoms with van der Waals surface area (Å²) in [4.78, 5) is 55.8. The van der Waals surface area contributed by atoms with Crippen LogP contribution >= 0.6 is 27.5 Å². The molecule has 1 fully saturated rings. The number of halogens is 5. The molecule has 4 heterocycles. The van der Waals surface area contributed by atoms with E-state index in [9.17, 15) is 32.7 Å². The van der Waals surface area contributed by atoms with Crippen LogP contribution in [0.25, 0.3) is 5.78 Å². The zero-order valence-corrected chi connectivity index (χ0v) is 26.8. The van der Waals surface area contributed by atoms with Gasteiger partial charge in [0, 0.05) is 26.2 Å². The number of alkyl halides is 3. The Hall–Kier alpha value is -4.25. The highest BCUT2D eigenvalue weighted by Gasteiger charge is 2.39. The molecular weight excluding hydrogens is 699 g/mol. The summed E-state index contributed by atoms with van der Waals surface area (Å²) in [6, 6.07) is 0.829. The number of aryl methyl sites for hydroxylation is 1. The number of piperazine rings is 1. The van der Waals surface area contributed by atoms with Crippen LogP contribution in [0.1, 0.15) is 45.5 Å². The molecule has 2 aliphatic rings. The summed E-state index contributed by atoms with van der Waals surface area (Å²) in [6.07, 6.45) is -2.50. The minimum atomic E-state index is -4.57. The van der Waals surface area contributed by atoms with Crippen LogP contribution in [0.15, 0.2) is 21.9 Å². The number of hydrogen-bond donors (Lipinski definition) is 2. The van der Waals surface area contributed by atoms with Gasteiger partial charge in [0.05, 0.1) is 27.7 Å². The Labute approximate surface area is 272 Å². The maximum atomic E-state index is 13.8. The summed E-state index contributed by atoms with van der Waals surface area (Å²) >= 11 is 9.44. The van der Waals surface area contributed by atoms with E-state index in [0.717, 1.165) is 10.6 Å². The number of rotatable bonds is 6. The van der Waals surface area contributed by atoms with E-state index in [1.165, 1.54) is 15.8 Å². The molecule has 0 saturated carbocycles. The summed E-state index contributed by atoms with van der Waals surface area (Å²) in [5.41, 5.74) is 0.207. The van der Waals surface area contributed by atoms with Crippen molar-refractivity contribution in [2.24, 2.45) is 0 Å². The first kappa shape index (κ1) is 31.7. The van der Waals surface area contributed by atoms with Gasteiger partial charge in [0.15, 0.2) is 11.4 Å². The van der Waals surface area contributed by atoms with Crippen LogP contribution in [-0.2, 0) is 36.8 Å². The monoisotopic (exact) mass is 723 g/mol. The van der Waals surface area contributed by atoms with Crippen LogP contribution in [0.3, 0.4) is 0 Å². The Bertz CT molecular complexity index is 1970. The minimum Gasteiger partial charge on any atom is -0.504 e. The lowest BCUT2D eigenvalue weighted by Crippen LogP contribution is -2.51. The molecule has 1 aliphatic carbocycles. The van der Waals surface area contributed by atoms with Gasteiger partial charge in [-0.1, -0.05) is 18.5 Å². The number of carbonyl (C=O) groups is 2. The lowest BCUT2D eigenvalue weighted by molar-refractivity contribution is -0.138. The van der Waals surface area contributed by atoms with Crippen molar-refractivity contribution in [2.75, 3.05) is 36.4 Å². The molecule has 242 valence electrons. The van der Waals surface area contributed by atoms with E-state index in [4.69, 9.17) is 11.6 Å². The summed E-state index contributed by atoms with van der Waals surface area (Å²) in [5.74, 6) is -1.27. The lowest BCUT2D eigenvalue weighted by Gasteiger charge is -2.36. The molecule has 1 saturated heterocycles. The second kappa shape index (κ2) is 11.8. The zero-order valence-electron chi connectivity index (χ0n) is 24.5. The molecule has 18 heteroatoms. The molecule has 6 rings (SSSR count). The van der Waals surface area contributed by atoms with E-state index < -0.39 is 29.1 Å². The number of hydrogen-bond acceptors (Lipinski definition) is 9. The van der Waals surface area contributed by atoms with Crippen LogP contribution in [0.5, 0.6) is 5.75 Å². The maximum absolute atomic E-state index is 13.8. The number of aromatic hydroxyl groups is 1. The number of benzene rings is 1. The fourth-order valence-electron chi connectivity index (χ4n) is 5.90. The van der Waals surface area contributed by atoms with E-state index in [2.05, 4.69) is 41.3 Å². The van der Waals surface area contributed by atoms with E-state index in [1.807, 2.05) is 6.92 Å². The first-order valence-corrected chi connectivity index (χ1v) is 15.4. The Morgan fingerprint density at radius 2 is 1.83 bits per heavy atom. The zero-order chi connectivity index (χ0) is 33.1. The maximum Gasteiger partial charge on any atom is 0.416 e. The molecule has 13 nitrogen and oxygen atoms in total. The fourth-order valence-corrected chi connectivity index (χ4v) is 6.49. The van der Waals surface area contributed by atoms with Crippen molar-refractivity contribution >= 4 is 56.5 Å². The molecule has 1 aromatic carbocycles. The number of carbonyl (C=O) groups excluding carboxylic acids is 2. The highest BCUT2D eigenvalue weighted by Crippen LogP contribution is 2.44. The van der Waals surface area contributed by atoms with Crippen molar-refractivity contribution in [3.63, 3.8) is 0 Å². The highest BCUT2D eigenvalue weighted by molar-refractivity contribution is 9.10. The largest absolute Gasteiger partial charge is 0.504 e. The highest BCUT2D eigenvalue weighted by atomic mass is 79.9. The van der Waals surface area contributed by atoms with Gasteiger partial charge in [-0.3, -0.25) is 14.4 Å². The SMILES string of the molecule is CCc1c(N2CCN(C(=O)c3ncnc(C)c3O)CC2)c(=O)n2nc(Br)nc2n1CC(=O)Nc1c(Cl)cc(C(F)(F)F)c2c1CC2. The van der Waals surface area contributed by atoms with Crippen molar-refractivity contribution in [2.45, 2.75) is 45.8 Å². The number of anilines is 2. The molecule has 1 aliphatic heterocycles. The summed E-state index contributed by atoms with van der Waals surface area (Å²) in [5, 5.41) is 16.9. The molecule has 2 amide bonds. The molecular formula is C28H26BrClF3N9O4. The van der Waals surface area contributed by atoms with Gasteiger partial charge in [0.1, 0.15) is 18.6 Å². The molecule has 0 radical (unpaired) electrons. The first-order chi connectivity index (χ1) is 21.8. The minimum absolute atomic E-state index is 0.0857. The molecule has 0 bridgehead atoms. The van der Waals surface area contributed by atoms with Gasteiger partial charge in [-0.05, 0) is 59.3 Å². The van der Waals surface area contributed by atoms with Crippen LogP contribution in [0.2, 0.25) is 5.02 Å². The normalized spacial score (nSPS) is 14.8. The molecule has 0 spiro atoms. The van der Waals surface area contributed by atoms with E-state index in [1.54, 1.807) is 11.8 Å². The number of fused-ring (bicyclic) bond motifs is 2. The third-order valence-corrected chi connectivity index (χ3v) is 8.86. The third-order valence-electron chi connectivity index (χ3n) is 8.22. The lowest BCUT2D eigenvalue weighted by atomic mass is 9.83. The Morgan fingerprint density at radius 1 is 1.13 bits per heavy atom. The molecule has 3 aromatic heterocycles. The van der Waals surface area contributed by atoms with Crippen molar-refractivity contribution in [1.82, 2.24) is 34.0 Å². The van der Waals surface area contributed by atoms with Crippen LogP contribution in [0, 0.1) is 6.92 Å². The summed E-state index contributed by atoms with van der Waals surface area (Å²) in [7, 11) is 0. The second-order valence-electron chi connectivity index (χ2n) is 10.9. The third kappa shape index (κ3) is 5.44. The predicted octanol–water partition coefficient (Wildman–Crippen LogP) is 3.39. The number of amides is 2. The van der Waals surface area contributed by atoms with Gasteiger partial charge in [0.25, 0.3) is 11.5 Å². The van der Waals surface area contributed by atoms with Crippen LogP contribution in [0.4, 0.5) is 24.5 Å². The topological polar surface area (TPSA) is 151 Å². The fraction of sp³-hybridized carbons (Fsp3) is 0.393. The summed E-state index contributed by atoms with van der Waals surface area (Å²) < 4.78 is 43.3. The average Bonchev–Trinajstić information content (AvgIpc) is 3.39. The first-order valence-electron chi connectivity index (χ1n) is 14.2. The smallest absolute Gasteiger partial charge is 0.416 e. The molecule has 0 atom stereocenters. The molecule has 4 aromatic rings. The standard InChI is InChI=1S/C28H26BrClF3N9O4/c1-3-18-22(39-6-8-40(9-7-39)24(45)21-23(44)13(2)34-12-35-21)25(46)42-27(37-26(29)38-42)41(18)11-19(43)36-20-15-5-4-14(15)16(10-17(20)30)28(31,32)33/h10,12,44H,3-9,11H2,1-2H3,(H,36,43). The second-order valence-corrected chi connectivity index (χ2v) is 12.0. The predicted molar refractivity (Wildman–Crippen MR) is 163 cm³/mol. The number of aromatic nitrogens is 6. The van der Waals surface area contributed by atoms with Crippen molar-refractivity contribution in [1.29, 1.82) is 0 Å². The van der Waals surface area contributed by atoms with Crippen molar-refractivity contribution in [3.8, 4) is 5.75 Å². The van der Waals surface area contributed by atoms with Gasteiger partial charge in [-0.15, -0.1) is 5.10 Å². The van der Waals surface area contributed by atoms with Crippen molar-refractivity contribution in [3.05, 3.63) is 66.3 Å². The van der Waals surface area contributed by atoms with Gasteiger partial charge in [-0.2, -0.15) is 22.7 Å². The molecule has 2 N–H and O–H groups in total. The molecule has 0 unspecified atom stereocenters. The summed E-state index contributed by atoms with van der Waals surface area (Å²) in [6.45, 7) is 3.94. The van der Waals surface area contributed by atoms with E-state index >= 15 is 0 Å². The van der Waals surface area contributed by atoms with E-state index in [0.29, 0.717) is 24.1 Å². The van der Waals surface area contributed by atoms with Crippen LogP contribution < -0.4 is 15.8 Å². The van der Waals surface area contributed by atoms with Crippen LogP contribution in [-0.4, -0.2) is 77.1 Å². The van der Waals surface area contributed by atoms with Gasteiger partial charge in [0.2, 0.25) is 16.4 Å².